The maximum absolute atomic E-state index is 5.29. The summed E-state index contributed by atoms with van der Waals surface area (Å²) >= 11 is 2.23. The lowest BCUT2D eigenvalue weighted by Gasteiger charge is -2.02. The highest BCUT2D eigenvalue weighted by atomic mass is 27.1. The molecule has 0 spiro atoms. The lowest BCUT2D eigenvalue weighted by molar-refractivity contribution is 0.118. The Bertz CT molecular complexity index is 51.6. The second-order valence-electron chi connectivity index (χ2n) is 2.19. The molecule has 0 aliphatic carbocycles. The van der Waals surface area contributed by atoms with Gasteiger partial charge in [-0.1, -0.05) is 13.3 Å². The van der Waals surface area contributed by atoms with E-state index in [0.717, 1.165) is 26.2 Å². The first-order valence-electron chi connectivity index (χ1n) is 3.81. The van der Waals surface area contributed by atoms with Crippen molar-refractivity contribution in [3.63, 3.8) is 0 Å². The third kappa shape index (κ3) is 8.45. The molecule has 10 heavy (non-hydrogen) atoms. The lowest BCUT2D eigenvalue weighted by Crippen LogP contribution is -2.00. The number of ether oxygens (including phenoxy) is 1. The van der Waals surface area contributed by atoms with E-state index in [-0.39, 0.29) is 0 Å². The summed E-state index contributed by atoms with van der Waals surface area (Å²) in [6, 6.07) is 0. The van der Waals surface area contributed by atoms with Crippen molar-refractivity contribution in [3.8, 4) is 0 Å². The van der Waals surface area contributed by atoms with Gasteiger partial charge in [0.2, 0.25) is 0 Å². The largest absolute Gasteiger partial charge is 0.516 e. The Hall–Kier alpha value is 0.452. The summed E-state index contributed by atoms with van der Waals surface area (Å²) in [5, 5.41) is 0. The molecule has 2 nitrogen and oxygen atoms in total. The molecular formula is C7H15AlO2. The van der Waals surface area contributed by atoms with E-state index in [1.54, 1.807) is 0 Å². The number of hydrogen-bond donors (Lipinski definition) is 0. The van der Waals surface area contributed by atoms with Gasteiger partial charge in [0.05, 0.1) is 0 Å². The number of rotatable bonds is 7. The van der Waals surface area contributed by atoms with Crippen molar-refractivity contribution in [2.75, 3.05) is 19.8 Å². The second kappa shape index (κ2) is 9.45. The molecule has 0 bridgehead atoms. The zero-order valence-electron chi connectivity index (χ0n) is 6.64. The SMILES string of the molecule is CCCCOCCC[O][Al]. The van der Waals surface area contributed by atoms with Gasteiger partial charge in [0.1, 0.15) is 0 Å². The molecule has 2 radical (unpaired) electrons. The molecule has 0 N–H and O–H groups in total. The molecule has 0 heterocycles. The normalized spacial score (nSPS) is 10.1. The van der Waals surface area contributed by atoms with Crippen LogP contribution in [0.5, 0.6) is 0 Å². The molecule has 0 aromatic heterocycles. The number of hydrogen-bond acceptors (Lipinski definition) is 2. The first-order valence-corrected chi connectivity index (χ1v) is 4.28. The summed E-state index contributed by atoms with van der Waals surface area (Å²) in [6.07, 6.45) is 3.37. The van der Waals surface area contributed by atoms with Crippen LogP contribution in [0.15, 0.2) is 0 Å². The van der Waals surface area contributed by atoms with Crippen LogP contribution in [0, 0.1) is 0 Å². The fourth-order valence-corrected chi connectivity index (χ4v) is 0.759. The Morgan fingerprint density at radius 3 is 2.40 bits per heavy atom. The van der Waals surface area contributed by atoms with Crippen LogP contribution in [0.3, 0.4) is 0 Å². The van der Waals surface area contributed by atoms with Gasteiger partial charge in [-0.15, -0.1) is 0 Å². The Labute approximate surface area is 71.7 Å². The maximum atomic E-state index is 5.29. The summed E-state index contributed by atoms with van der Waals surface area (Å²) in [7, 11) is 0. The van der Waals surface area contributed by atoms with Crippen molar-refractivity contribution in [3.05, 3.63) is 0 Å². The molecule has 0 unspecified atom stereocenters. The molecule has 0 atom stereocenters. The van der Waals surface area contributed by atoms with E-state index in [9.17, 15) is 0 Å². The predicted molar refractivity (Wildman–Crippen MR) is 42.1 cm³/mol. The molecule has 0 fully saturated rings. The van der Waals surface area contributed by atoms with E-state index >= 15 is 0 Å². The van der Waals surface area contributed by atoms with Gasteiger partial charge >= 0.3 is 16.6 Å². The molecule has 0 amide bonds. The minimum absolute atomic E-state index is 0.775. The molecular weight excluding hydrogens is 143 g/mol. The second-order valence-corrected chi connectivity index (χ2v) is 2.52. The first kappa shape index (κ1) is 10.5. The molecule has 0 aromatic carbocycles. The van der Waals surface area contributed by atoms with Crippen molar-refractivity contribution < 1.29 is 8.53 Å². The van der Waals surface area contributed by atoms with E-state index < -0.39 is 0 Å². The molecule has 0 aliphatic rings. The van der Waals surface area contributed by atoms with Gasteiger partial charge in [0.15, 0.2) is 0 Å². The van der Waals surface area contributed by atoms with Gasteiger partial charge in [0.25, 0.3) is 0 Å². The van der Waals surface area contributed by atoms with Crippen LogP contribution >= 0.6 is 0 Å². The zero-order chi connectivity index (χ0) is 7.66. The molecule has 58 valence electrons. The van der Waals surface area contributed by atoms with E-state index in [0.29, 0.717) is 0 Å². The van der Waals surface area contributed by atoms with Gasteiger partial charge in [-0.25, -0.2) is 0 Å². The van der Waals surface area contributed by atoms with Crippen LogP contribution < -0.4 is 0 Å². The quantitative estimate of drug-likeness (QED) is 0.410. The summed E-state index contributed by atoms with van der Waals surface area (Å²) in [4.78, 5) is 0. The average molecular weight is 158 g/mol. The minimum atomic E-state index is 0.775. The Kier molecular flexibility index (Phi) is 9.88. The summed E-state index contributed by atoms with van der Waals surface area (Å²) in [5.74, 6) is 0. The van der Waals surface area contributed by atoms with Gasteiger partial charge in [-0.3, -0.25) is 0 Å². The Morgan fingerprint density at radius 1 is 1.10 bits per heavy atom. The average Bonchev–Trinajstić information content (AvgIpc) is 1.97. The molecule has 0 saturated carbocycles. The van der Waals surface area contributed by atoms with Crippen LogP contribution in [-0.2, 0) is 8.53 Å². The van der Waals surface area contributed by atoms with Crippen LogP contribution in [0.2, 0.25) is 0 Å². The molecule has 0 aromatic rings. The van der Waals surface area contributed by atoms with Crippen molar-refractivity contribution in [1.29, 1.82) is 0 Å². The van der Waals surface area contributed by atoms with E-state index in [2.05, 4.69) is 23.5 Å². The predicted octanol–water partition coefficient (Wildman–Crippen LogP) is 1.29. The van der Waals surface area contributed by atoms with Crippen molar-refractivity contribution >= 4 is 16.6 Å². The Morgan fingerprint density at radius 2 is 1.80 bits per heavy atom. The van der Waals surface area contributed by atoms with E-state index in [4.69, 9.17) is 8.53 Å². The summed E-state index contributed by atoms with van der Waals surface area (Å²) in [6.45, 7) is 4.66. The standard InChI is InChI=1S/C7H15O2.Al/c1-2-3-6-9-7-4-5-8;/h2-7H2,1H3;/q-1;+1. The third-order valence-corrected chi connectivity index (χ3v) is 1.43. The molecule has 0 aliphatic heterocycles. The van der Waals surface area contributed by atoms with Crippen molar-refractivity contribution in [1.82, 2.24) is 0 Å². The number of unbranched alkanes of at least 4 members (excludes halogenated alkanes) is 1. The van der Waals surface area contributed by atoms with Gasteiger partial charge in [0, 0.05) is 19.8 Å². The van der Waals surface area contributed by atoms with Gasteiger partial charge < -0.3 is 8.53 Å². The maximum Gasteiger partial charge on any atom is 0.369 e. The highest BCUT2D eigenvalue weighted by Crippen LogP contribution is 1.89. The topological polar surface area (TPSA) is 18.5 Å². The van der Waals surface area contributed by atoms with Crippen LogP contribution in [0.1, 0.15) is 26.2 Å². The van der Waals surface area contributed by atoms with Crippen molar-refractivity contribution in [2.45, 2.75) is 26.2 Å². The minimum Gasteiger partial charge on any atom is -0.516 e. The Balaban J connectivity index is 2.65. The van der Waals surface area contributed by atoms with Gasteiger partial charge in [-0.2, -0.15) is 0 Å². The highest BCUT2D eigenvalue weighted by molar-refractivity contribution is 5.97. The monoisotopic (exact) mass is 158 g/mol. The van der Waals surface area contributed by atoms with Crippen LogP contribution in [0.4, 0.5) is 0 Å². The molecule has 0 rings (SSSR count). The smallest absolute Gasteiger partial charge is 0.369 e. The first-order chi connectivity index (χ1) is 4.91. The molecule has 0 saturated heterocycles. The van der Waals surface area contributed by atoms with E-state index in [1.807, 2.05) is 0 Å². The van der Waals surface area contributed by atoms with Crippen LogP contribution in [0.25, 0.3) is 0 Å². The zero-order valence-corrected chi connectivity index (χ0v) is 7.79. The fraction of sp³-hybridized carbons (Fsp3) is 1.00. The van der Waals surface area contributed by atoms with Crippen LogP contribution in [-0.4, -0.2) is 36.4 Å². The van der Waals surface area contributed by atoms with Crippen molar-refractivity contribution in [2.24, 2.45) is 0 Å². The summed E-state index contributed by atoms with van der Waals surface area (Å²) in [5.41, 5.74) is 0. The third-order valence-electron chi connectivity index (χ3n) is 1.19. The lowest BCUT2D eigenvalue weighted by atomic mass is 10.4. The van der Waals surface area contributed by atoms with Gasteiger partial charge in [-0.05, 0) is 12.8 Å². The fourth-order valence-electron chi connectivity index (χ4n) is 0.593. The summed E-state index contributed by atoms with van der Waals surface area (Å²) < 4.78 is 10.1. The van der Waals surface area contributed by atoms with E-state index in [1.165, 1.54) is 12.8 Å². The highest BCUT2D eigenvalue weighted by Gasteiger charge is 1.86. The molecule has 3 heteroatoms.